The number of halogens is 1. The first-order valence-corrected chi connectivity index (χ1v) is 7.27. The van der Waals surface area contributed by atoms with Gasteiger partial charge in [0.1, 0.15) is 11.9 Å². The first-order valence-electron chi connectivity index (χ1n) is 6.90. The molecule has 4 nitrogen and oxygen atoms in total. The van der Waals surface area contributed by atoms with Crippen molar-refractivity contribution in [3.63, 3.8) is 0 Å². The highest BCUT2D eigenvalue weighted by Gasteiger charge is 2.51. The van der Waals surface area contributed by atoms with Gasteiger partial charge in [0.15, 0.2) is 0 Å². The quantitative estimate of drug-likeness (QED) is 0.928. The monoisotopic (exact) mass is 296 g/mol. The third-order valence-corrected chi connectivity index (χ3v) is 4.35. The standard InChI is InChI=1S/C15H17ClO4/c16-12-8-10(15(5-6-15)14(17)18)3-4-13(12)20-11-2-1-7-19-9-11/h3-4,8,11H,1-2,5-7,9H2,(H,17,18). The number of ether oxygens (including phenoxy) is 2. The second-order valence-corrected chi connectivity index (χ2v) is 5.90. The second-order valence-electron chi connectivity index (χ2n) is 5.49. The number of hydrogen-bond acceptors (Lipinski definition) is 3. The minimum atomic E-state index is -0.775. The van der Waals surface area contributed by atoms with E-state index in [2.05, 4.69) is 0 Å². The highest BCUT2D eigenvalue weighted by molar-refractivity contribution is 6.32. The predicted molar refractivity (Wildman–Crippen MR) is 74.5 cm³/mol. The minimum Gasteiger partial charge on any atom is -0.486 e. The lowest BCUT2D eigenvalue weighted by Crippen LogP contribution is -2.28. The predicted octanol–water partition coefficient (Wildman–Crippen LogP) is 3.01. The average Bonchev–Trinajstić information content (AvgIpc) is 3.24. The third kappa shape index (κ3) is 2.50. The SMILES string of the molecule is O=C(O)C1(c2ccc(OC3CCCOC3)c(Cl)c2)CC1. The number of aliphatic carboxylic acids is 1. The van der Waals surface area contributed by atoms with E-state index < -0.39 is 11.4 Å². The van der Waals surface area contributed by atoms with E-state index in [1.165, 1.54) is 0 Å². The molecule has 1 saturated heterocycles. The zero-order valence-electron chi connectivity index (χ0n) is 11.1. The highest BCUT2D eigenvalue weighted by atomic mass is 35.5. The Morgan fingerprint density at radius 1 is 1.45 bits per heavy atom. The lowest BCUT2D eigenvalue weighted by molar-refractivity contribution is -0.140. The molecule has 1 aliphatic heterocycles. The van der Waals surface area contributed by atoms with Crippen LogP contribution in [0.4, 0.5) is 0 Å². The molecule has 2 fully saturated rings. The number of hydrogen-bond donors (Lipinski definition) is 1. The number of benzene rings is 1. The van der Waals surface area contributed by atoms with Crippen molar-refractivity contribution in [3.05, 3.63) is 28.8 Å². The Morgan fingerprint density at radius 2 is 2.25 bits per heavy atom. The van der Waals surface area contributed by atoms with Crippen molar-refractivity contribution in [3.8, 4) is 5.75 Å². The van der Waals surface area contributed by atoms with Crippen LogP contribution in [-0.4, -0.2) is 30.4 Å². The second kappa shape index (κ2) is 5.26. The Morgan fingerprint density at radius 3 is 2.80 bits per heavy atom. The van der Waals surface area contributed by atoms with Crippen LogP contribution in [0.1, 0.15) is 31.2 Å². The number of carbonyl (C=O) groups is 1. The Labute approximate surface area is 122 Å². The summed E-state index contributed by atoms with van der Waals surface area (Å²) in [6.45, 7) is 1.37. The summed E-state index contributed by atoms with van der Waals surface area (Å²) in [7, 11) is 0. The molecule has 1 N–H and O–H groups in total. The van der Waals surface area contributed by atoms with E-state index in [4.69, 9.17) is 21.1 Å². The fourth-order valence-electron chi connectivity index (χ4n) is 2.63. The van der Waals surface area contributed by atoms with Gasteiger partial charge in [0.05, 0.1) is 17.0 Å². The van der Waals surface area contributed by atoms with Crippen LogP contribution in [-0.2, 0) is 14.9 Å². The minimum absolute atomic E-state index is 0.0291. The van der Waals surface area contributed by atoms with Gasteiger partial charge < -0.3 is 14.6 Å². The lowest BCUT2D eigenvalue weighted by atomic mass is 9.96. The number of rotatable bonds is 4. The fourth-order valence-corrected chi connectivity index (χ4v) is 2.85. The van der Waals surface area contributed by atoms with Crippen molar-refractivity contribution in [2.24, 2.45) is 0 Å². The molecular weight excluding hydrogens is 280 g/mol. The highest BCUT2D eigenvalue weighted by Crippen LogP contribution is 2.49. The van der Waals surface area contributed by atoms with Gasteiger partial charge in [-0.2, -0.15) is 0 Å². The van der Waals surface area contributed by atoms with Crippen LogP contribution in [0.3, 0.4) is 0 Å². The van der Waals surface area contributed by atoms with Crippen molar-refractivity contribution in [1.82, 2.24) is 0 Å². The van der Waals surface area contributed by atoms with Crippen LogP contribution in [0.25, 0.3) is 0 Å². The zero-order chi connectivity index (χ0) is 14.2. The molecule has 1 aliphatic carbocycles. The molecule has 1 unspecified atom stereocenters. The molecule has 1 aromatic rings. The molecule has 5 heteroatoms. The molecule has 0 spiro atoms. The molecule has 0 amide bonds. The first kappa shape index (κ1) is 13.7. The fraction of sp³-hybridized carbons (Fsp3) is 0.533. The molecule has 108 valence electrons. The maximum atomic E-state index is 11.3. The van der Waals surface area contributed by atoms with Crippen molar-refractivity contribution >= 4 is 17.6 Å². The van der Waals surface area contributed by atoms with Gasteiger partial charge in [-0.25, -0.2) is 0 Å². The summed E-state index contributed by atoms with van der Waals surface area (Å²) >= 11 is 6.23. The van der Waals surface area contributed by atoms with Gasteiger partial charge in [-0.15, -0.1) is 0 Å². The summed E-state index contributed by atoms with van der Waals surface area (Å²) in [5, 5.41) is 9.76. The molecule has 0 bridgehead atoms. The number of carboxylic acid groups (broad SMARTS) is 1. The Balaban J connectivity index is 1.76. The van der Waals surface area contributed by atoms with E-state index in [-0.39, 0.29) is 6.10 Å². The molecule has 20 heavy (non-hydrogen) atoms. The first-order chi connectivity index (χ1) is 9.62. The van der Waals surface area contributed by atoms with E-state index in [0.29, 0.717) is 30.2 Å². The van der Waals surface area contributed by atoms with Crippen molar-refractivity contribution < 1.29 is 19.4 Å². The van der Waals surface area contributed by atoms with Gasteiger partial charge in [0.25, 0.3) is 0 Å². The average molecular weight is 297 g/mol. The Bertz CT molecular complexity index is 519. The zero-order valence-corrected chi connectivity index (χ0v) is 11.9. The van der Waals surface area contributed by atoms with Crippen LogP contribution in [0.15, 0.2) is 18.2 Å². The van der Waals surface area contributed by atoms with Crippen molar-refractivity contribution in [1.29, 1.82) is 0 Å². The molecule has 0 aromatic heterocycles. The van der Waals surface area contributed by atoms with E-state index in [1.807, 2.05) is 6.07 Å². The largest absolute Gasteiger partial charge is 0.486 e. The summed E-state index contributed by atoms with van der Waals surface area (Å²) in [5.41, 5.74) is 0.0399. The molecule has 1 atom stereocenters. The van der Waals surface area contributed by atoms with Crippen LogP contribution >= 0.6 is 11.6 Å². The van der Waals surface area contributed by atoms with E-state index in [9.17, 15) is 9.90 Å². The van der Waals surface area contributed by atoms with E-state index >= 15 is 0 Å². The molecule has 1 heterocycles. The number of carboxylic acids is 1. The Kier molecular flexibility index (Phi) is 3.61. The topological polar surface area (TPSA) is 55.8 Å². The van der Waals surface area contributed by atoms with Crippen LogP contribution < -0.4 is 4.74 Å². The van der Waals surface area contributed by atoms with Gasteiger partial charge in [-0.3, -0.25) is 4.79 Å². The smallest absolute Gasteiger partial charge is 0.314 e. The third-order valence-electron chi connectivity index (χ3n) is 4.06. The van der Waals surface area contributed by atoms with Crippen molar-refractivity contribution in [2.45, 2.75) is 37.2 Å². The molecule has 3 rings (SSSR count). The van der Waals surface area contributed by atoms with Crippen molar-refractivity contribution in [2.75, 3.05) is 13.2 Å². The van der Waals surface area contributed by atoms with Crippen LogP contribution in [0, 0.1) is 0 Å². The van der Waals surface area contributed by atoms with Gasteiger partial charge in [-0.1, -0.05) is 17.7 Å². The van der Waals surface area contributed by atoms with Gasteiger partial charge in [0, 0.05) is 6.61 Å². The molecule has 1 aromatic carbocycles. The summed E-state index contributed by atoms with van der Waals surface area (Å²) in [5.74, 6) is -0.171. The van der Waals surface area contributed by atoms with E-state index in [1.54, 1.807) is 12.1 Å². The molecule has 2 aliphatic rings. The van der Waals surface area contributed by atoms with Gasteiger partial charge in [-0.05, 0) is 43.4 Å². The summed E-state index contributed by atoms with van der Waals surface area (Å²) < 4.78 is 11.2. The maximum absolute atomic E-state index is 11.3. The molecule has 1 saturated carbocycles. The van der Waals surface area contributed by atoms with Gasteiger partial charge in [0.2, 0.25) is 0 Å². The van der Waals surface area contributed by atoms with E-state index in [0.717, 1.165) is 25.0 Å². The molecular formula is C15H17ClO4. The normalized spacial score (nSPS) is 24.1. The van der Waals surface area contributed by atoms with Crippen LogP contribution in [0.2, 0.25) is 5.02 Å². The molecule has 0 radical (unpaired) electrons. The lowest BCUT2D eigenvalue weighted by Gasteiger charge is -2.24. The maximum Gasteiger partial charge on any atom is 0.314 e. The summed E-state index contributed by atoms with van der Waals surface area (Å²) in [6.07, 6.45) is 3.33. The van der Waals surface area contributed by atoms with Crippen LogP contribution in [0.5, 0.6) is 5.75 Å². The van der Waals surface area contributed by atoms with Gasteiger partial charge >= 0.3 is 5.97 Å². The Hall–Kier alpha value is -1.26. The summed E-state index contributed by atoms with van der Waals surface area (Å²) in [4.78, 5) is 11.3. The summed E-state index contributed by atoms with van der Waals surface area (Å²) in [6, 6.07) is 5.31.